The van der Waals surface area contributed by atoms with E-state index in [1.54, 1.807) is 18.2 Å². The molecule has 0 heterocycles. The number of carbonyl (C=O) groups is 1. The van der Waals surface area contributed by atoms with Gasteiger partial charge in [-0.15, -0.1) is 0 Å². The van der Waals surface area contributed by atoms with Crippen LogP contribution in [0.25, 0.3) is 0 Å². The third kappa shape index (κ3) is 4.28. The minimum absolute atomic E-state index is 0.111. The summed E-state index contributed by atoms with van der Waals surface area (Å²) in [5.74, 6) is -0.145. The molecule has 0 aliphatic rings. The molecule has 0 saturated heterocycles. The van der Waals surface area contributed by atoms with Crippen molar-refractivity contribution in [2.75, 3.05) is 6.61 Å². The standard InChI is InChI=1S/C17H17FO2/c18-16-10-5-4-9-15(16)13-20-12-6-11-17(19)14-7-2-1-3-8-14/h1-5,7-10H,6,11-13H2. The minimum Gasteiger partial charge on any atom is -0.377 e. The Morgan fingerprint density at radius 3 is 2.45 bits per heavy atom. The SMILES string of the molecule is O=C(CCCOCc1ccccc1F)c1ccccc1. The smallest absolute Gasteiger partial charge is 0.162 e. The molecule has 0 saturated carbocycles. The summed E-state index contributed by atoms with van der Waals surface area (Å²) < 4.78 is 18.7. The molecule has 0 radical (unpaired) electrons. The third-order valence-electron chi connectivity index (χ3n) is 3.00. The number of carbonyl (C=O) groups excluding carboxylic acids is 1. The van der Waals surface area contributed by atoms with Crippen LogP contribution in [-0.4, -0.2) is 12.4 Å². The van der Waals surface area contributed by atoms with Crippen LogP contribution in [0, 0.1) is 5.82 Å². The second-order valence-corrected chi connectivity index (χ2v) is 4.54. The van der Waals surface area contributed by atoms with Gasteiger partial charge in [-0.05, 0) is 12.5 Å². The van der Waals surface area contributed by atoms with Crippen LogP contribution < -0.4 is 0 Å². The number of Topliss-reactive ketones (excluding diaryl/α,β-unsaturated/α-hetero) is 1. The molecule has 0 fully saturated rings. The highest BCUT2D eigenvalue weighted by Crippen LogP contribution is 2.09. The number of hydrogen-bond donors (Lipinski definition) is 0. The summed E-state index contributed by atoms with van der Waals surface area (Å²) in [6.45, 7) is 0.694. The Morgan fingerprint density at radius 2 is 1.70 bits per heavy atom. The van der Waals surface area contributed by atoms with Crippen LogP contribution in [-0.2, 0) is 11.3 Å². The van der Waals surface area contributed by atoms with Crippen LogP contribution in [0.5, 0.6) is 0 Å². The van der Waals surface area contributed by atoms with Gasteiger partial charge in [0.2, 0.25) is 0 Å². The van der Waals surface area contributed by atoms with Crippen LogP contribution in [0.3, 0.4) is 0 Å². The molecule has 0 aliphatic heterocycles. The van der Waals surface area contributed by atoms with Crippen molar-refractivity contribution in [3.05, 3.63) is 71.5 Å². The quantitative estimate of drug-likeness (QED) is 0.562. The number of ketones is 1. The molecule has 3 heteroatoms. The van der Waals surface area contributed by atoms with Gasteiger partial charge < -0.3 is 4.74 Å². The summed E-state index contributed by atoms with van der Waals surface area (Å²) in [7, 11) is 0. The maximum atomic E-state index is 13.3. The van der Waals surface area contributed by atoms with E-state index >= 15 is 0 Å². The predicted molar refractivity (Wildman–Crippen MR) is 76.1 cm³/mol. The molecule has 0 bridgehead atoms. The maximum absolute atomic E-state index is 13.3. The van der Waals surface area contributed by atoms with Crippen molar-refractivity contribution in [1.29, 1.82) is 0 Å². The van der Waals surface area contributed by atoms with Crippen LogP contribution >= 0.6 is 0 Å². The Bertz CT molecular complexity index is 552. The van der Waals surface area contributed by atoms with Gasteiger partial charge in [0, 0.05) is 24.2 Å². The van der Waals surface area contributed by atoms with Gasteiger partial charge in [-0.25, -0.2) is 4.39 Å². The van der Waals surface area contributed by atoms with Crippen molar-refractivity contribution < 1.29 is 13.9 Å². The molecule has 0 aromatic heterocycles. The first-order valence-corrected chi connectivity index (χ1v) is 6.67. The molecular formula is C17H17FO2. The summed E-state index contributed by atoms with van der Waals surface area (Å²) >= 11 is 0. The van der Waals surface area contributed by atoms with Crippen molar-refractivity contribution in [3.63, 3.8) is 0 Å². The number of halogens is 1. The average Bonchev–Trinajstić information content (AvgIpc) is 2.49. The first kappa shape index (κ1) is 14.4. The zero-order chi connectivity index (χ0) is 14.2. The van der Waals surface area contributed by atoms with E-state index in [0.29, 0.717) is 25.0 Å². The Labute approximate surface area is 118 Å². The van der Waals surface area contributed by atoms with Gasteiger partial charge >= 0.3 is 0 Å². The Kier molecular flexibility index (Phi) is 5.44. The molecule has 20 heavy (non-hydrogen) atoms. The highest BCUT2D eigenvalue weighted by Gasteiger charge is 2.05. The molecule has 0 N–H and O–H groups in total. The molecule has 104 valence electrons. The summed E-state index contributed by atoms with van der Waals surface area (Å²) in [5.41, 5.74) is 1.27. The molecule has 2 aromatic carbocycles. The second kappa shape index (κ2) is 7.56. The van der Waals surface area contributed by atoms with Crippen LogP contribution in [0.4, 0.5) is 4.39 Å². The van der Waals surface area contributed by atoms with E-state index < -0.39 is 0 Å². The van der Waals surface area contributed by atoms with Crippen LogP contribution in [0.2, 0.25) is 0 Å². The molecule has 0 atom stereocenters. The lowest BCUT2D eigenvalue weighted by atomic mass is 10.1. The highest BCUT2D eigenvalue weighted by atomic mass is 19.1. The van der Waals surface area contributed by atoms with E-state index in [9.17, 15) is 9.18 Å². The van der Waals surface area contributed by atoms with E-state index in [2.05, 4.69) is 0 Å². The summed E-state index contributed by atoms with van der Waals surface area (Å²) in [5, 5.41) is 0. The zero-order valence-electron chi connectivity index (χ0n) is 11.2. The van der Waals surface area contributed by atoms with Crippen molar-refractivity contribution in [2.24, 2.45) is 0 Å². The lowest BCUT2D eigenvalue weighted by molar-refractivity contribution is 0.0915. The van der Waals surface area contributed by atoms with Gasteiger partial charge in [0.05, 0.1) is 6.61 Å². The number of rotatable bonds is 7. The maximum Gasteiger partial charge on any atom is 0.162 e. The summed E-state index contributed by atoms with van der Waals surface area (Å²) in [4.78, 5) is 11.8. The highest BCUT2D eigenvalue weighted by molar-refractivity contribution is 5.95. The van der Waals surface area contributed by atoms with E-state index in [1.807, 2.05) is 30.3 Å². The zero-order valence-corrected chi connectivity index (χ0v) is 11.2. The second-order valence-electron chi connectivity index (χ2n) is 4.54. The summed E-state index contributed by atoms with van der Waals surface area (Å²) in [6.07, 6.45) is 1.09. The third-order valence-corrected chi connectivity index (χ3v) is 3.00. The fraction of sp³-hybridized carbons (Fsp3) is 0.235. The lowest BCUT2D eigenvalue weighted by Gasteiger charge is -2.05. The Morgan fingerprint density at radius 1 is 1.00 bits per heavy atom. The molecular weight excluding hydrogens is 255 g/mol. The van der Waals surface area contributed by atoms with E-state index in [-0.39, 0.29) is 18.2 Å². The molecule has 0 spiro atoms. The molecule has 0 unspecified atom stereocenters. The average molecular weight is 272 g/mol. The first-order valence-electron chi connectivity index (χ1n) is 6.67. The molecule has 0 amide bonds. The lowest BCUT2D eigenvalue weighted by Crippen LogP contribution is -2.03. The predicted octanol–water partition coefficient (Wildman–Crippen LogP) is 4.01. The minimum atomic E-state index is -0.257. The van der Waals surface area contributed by atoms with Gasteiger partial charge in [-0.2, -0.15) is 0 Å². The Hall–Kier alpha value is -2.00. The molecule has 2 nitrogen and oxygen atoms in total. The largest absolute Gasteiger partial charge is 0.377 e. The van der Waals surface area contributed by atoms with Gasteiger partial charge in [0.25, 0.3) is 0 Å². The fourth-order valence-electron chi connectivity index (χ4n) is 1.90. The van der Waals surface area contributed by atoms with E-state index in [0.717, 1.165) is 5.56 Å². The number of benzene rings is 2. The summed E-state index contributed by atoms with van der Waals surface area (Å²) in [6, 6.07) is 15.7. The van der Waals surface area contributed by atoms with Gasteiger partial charge in [-0.3, -0.25) is 4.79 Å². The topological polar surface area (TPSA) is 26.3 Å². The Balaban J connectivity index is 1.67. The van der Waals surface area contributed by atoms with Gasteiger partial charge in [-0.1, -0.05) is 48.5 Å². The number of ether oxygens (including phenoxy) is 1. The van der Waals surface area contributed by atoms with E-state index in [1.165, 1.54) is 6.07 Å². The number of hydrogen-bond acceptors (Lipinski definition) is 2. The molecule has 2 aromatic rings. The molecule has 2 rings (SSSR count). The van der Waals surface area contributed by atoms with Crippen LogP contribution in [0.15, 0.2) is 54.6 Å². The van der Waals surface area contributed by atoms with Gasteiger partial charge in [0.1, 0.15) is 5.82 Å². The van der Waals surface area contributed by atoms with Crippen molar-refractivity contribution >= 4 is 5.78 Å². The normalized spacial score (nSPS) is 10.4. The fourth-order valence-corrected chi connectivity index (χ4v) is 1.90. The van der Waals surface area contributed by atoms with Crippen molar-refractivity contribution in [2.45, 2.75) is 19.4 Å². The molecule has 0 aliphatic carbocycles. The van der Waals surface area contributed by atoms with Crippen molar-refractivity contribution in [1.82, 2.24) is 0 Å². The van der Waals surface area contributed by atoms with Crippen LogP contribution in [0.1, 0.15) is 28.8 Å². The first-order chi connectivity index (χ1) is 9.77. The van der Waals surface area contributed by atoms with E-state index in [4.69, 9.17) is 4.74 Å². The van der Waals surface area contributed by atoms with Crippen molar-refractivity contribution in [3.8, 4) is 0 Å². The monoisotopic (exact) mass is 272 g/mol. The van der Waals surface area contributed by atoms with Gasteiger partial charge in [0.15, 0.2) is 5.78 Å².